The van der Waals surface area contributed by atoms with Gasteiger partial charge in [-0.25, -0.2) is 9.97 Å². The van der Waals surface area contributed by atoms with Gasteiger partial charge in [-0.2, -0.15) is 0 Å². The number of ether oxygens (including phenoxy) is 4. The first-order valence-corrected chi connectivity index (χ1v) is 8.98. The summed E-state index contributed by atoms with van der Waals surface area (Å²) in [4.78, 5) is 20.7. The molecule has 1 aromatic heterocycles. The average molecular weight is 414 g/mol. The van der Waals surface area contributed by atoms with E-state index in [9.17, 15) is 4.79 Å². The van der Waals surface area contributed by atoms with Crippen LogP contribution in [0.1, 0.15) is 15.9 Å². The quantitative estimate of drug-likeness (QED) is 0.658. The number of benzene rings is 2. The lowest BCUT2D eigenvalue weighted by Crippen LogP contribution is -2.14. The van der Waals surface area contributed by atoms with Crippen LogP contribution in [0.4, 0.5) is 5.82 Å². The van der Waals surface area contributed by atoms with E-state index in [1.54, 1.807) is 12.1 Å². The predicted octanol–water partition coefficient (Wildman–Crippen LogP) is 3.70. The van der Waals surface area contributed by atoms with Crippen LogP contribution in [0.25, 0.3) is 0 Å². The van der Waals surface area contributed by atoms with Crippen LogP contribution in [-0.2, 0) is 6.61 Å². The van der Waals surface area contributed by atoms with Gasteiger partial charge in [-0.1, -0.05) is 17.7 Å². The Balaban J connectivity index is 1.43. The van der Waals surface area contributed by atoms with Gasteiger partial charge >= 0.3 is 0 Å². The maximum absolute atomic E-state index is 12.6. The number of anilines is 1. The molecule has 0 saturated heterocycles. The van der Waals surface area contributed by atoms with E-state index in [0.717, 1.165) is 5.56 Å². The summed E-state index contributed by atoms with van der Waals surface area (Å²) in [6.07, 6.45) is 1.31. The van der Waals surface area contributed by atoms with Crippen LogP contribution in [-0.4, -0.2) is 29.8 Å². The van der Waals surface area contributed by atoms with Crippen LogP contribution < -0.4 is 24.3 Å². The van der Waals surface area contributed by atoms with Gasteiger partial charge in [0.1, 0.15) is 24.5 Å². The van der Waals surface area contributed by atoms with Crippen molar-refractivity contribution >= 4 is 23.3 Å². The highest BCUT2D eigenvalue weighted by Crippen LogP contribution is 2.32. The van der Waals surface area contributed by atoms with Gasteiger partial charge in [0.25, 0.3) is 5.91 Å². The Bertz CT molecular complexity index is 1060. The summed E-state index contributed by atoms with van der Waals surface area (Å²) in [5, 5.41) is 3.11. The second-order valence-corrected chi connectivity index (χ2v) is 6.45. The lowest BCUT2D eigenvalue weighted by Gasteiger charge is -2.10. The summed E-state index contributed by atoms with van der Waals surface area (Å²) in [7, 11) is 1.48. The summed E-state index contributed by atoms with van der Waals surface area (Å²) in [6.45, 7) is 0.481. The topological polar surface area (TPSA) is 91.8 Å². The van der Waals surface area contributed by atoms with E-state index in [1.807, 2.05) is 18.2 Å². The number of fused-ring (bicyclic) bond motifs is 1. The van der Waals surface area contributed by atoms with Crippen LogP contribution in [0.15, 0.2) is 48.8 Å². The van der Waals surface area contributed by atoms with Crippen LogP contribution in [0, 0.1) is 0 Å². The van der Waals surface area contributed by atoms with Gasteiger partial charge < -0.3 is 24.3 Å². The van der Waals surface area contributed by atoms with Gasteiger partial charge in [-0.3, -0.25) is 4.79 Å². The Morgan fingerprint density at radius 1 is 1.14 bits per heavy atom. The fourth-order valence-corrected chi connectivity index (χ4v) is 2.89. The fraction of sp³-hybridized carbons (Fsp3) is 0.150. The molecule has 4 rings (SSSR count). The molecule has 9 heteroatoms. The number of nitrogens with zero attached hydrogens (tertiary/aromatic N) is 2. The van der Waals surface area contributed by atoms with Crippen LogP contribution >= 0.6 is 11.6 Å². The highest BCUT2D eigenvalue weighted by Gasteiger charge is 2.15. The number of amides is 1. The molecule has 1 N–H and O–H groups in total. The molecule has 2 heterocycles. The van der Waals surface area contributed by atoms with Gasteiger partial charge in [-0.05, 0) is 35.9 Å². The van der Waals surface area contributed by atoms with Gasteiger partial charge in [-0.15, -0.1) is 0 Å². The van der Waals surface area contributed by atoms with Crippen molar-refractivity contribution in [3.63, 3.8) is 0 Å². The highest BCUT2D eigenvalue weighted by molar-refractivity contribution is 6.31. The summed E-state index contributed by atoms with van der Waals surface area (Å²) in [5.74, 6) is 1.97. The standard InChI is InChI=1S/C20H16ClN3O5/c1-26-15-5-3-13(21)7-14(15)20(25)24-18-8-19(23-10-22-18)27-9-12-2-4-16-17(6-12)29-11-28-16/h2-8,10H,9,11H2,1H3,(H,22,23,24,25). The van der Waals surface area contributed by atoms with Crippen molar-refractivity contribution < 1.29 is 23.7 Å². The van der Waals surface area contributed by atoms with Gasteiger partial charge in [0.15, 0.2) is 11.5 Å². The van der Waals surface area contributed by atoms with Gasteiger partial charge in [0.05, 0.1) is 12.7 Å². The first-order valence-electron chi connectivity index (χ1n) is 8.60. The number of aromatic nitrogens is 2. The molecule has 0 radical (unpaired) electrons. The molecule has 1 aliphatic rings. The number of rotatable bonds is 6. The smallest absolute Gasteiger partial charge is 0.260 e. The Morgan fingerprint density at radius 3 is 2.86 bits per heavy atom. The number of carbonyl (C=O) groups excluding carboxylic acids is 1. The molecule has 2 aromatic carbocycles. The number of halogens is 1. The summed E-state index contributed by atoms with van der Waals surface area (Å²) in [6, 6.07) is 11.9. The summed E-state index contributed by atoms with van der Waals surface area (Å²) in [5.41, 5.74) is 1.18. The summed E-state index contributed by atoms with van der Waals surface area (Å²) < 4.78 is 21.5. The average Bonchev–Trinajstić information content (AvgIpc) is 3.20. The Labute approximate surface area is 171 Å². The molecule has 1 aliphatic heterocycles. The van der Waals surface area contributed by atoms with Crippen molar-refractivity contribution in [1.82, 2.24) is 9.97 Å². The minimum absolute atomic E-state index is 0.214. The van der Waals surface area contributed by atoms with E-state index in [0.29, 0.717) is 33.7 Å². The Kier molecular flexibility index (Phi) is 5.35. The van der Waals surface area contributed by atoms with Crippen molar-refractivity contribution in [2.24, 2.45) is 0 Å². The normalized spacial score (nSPS) is 11.8. The molecule has 0 aliphatic carbocycles. The van der Waals surface area contributed by atoms with Crippen molar-refractivity contribution in [3.8, 4) is 23.1 Å². The minimum Gasteiger partial charge on any atom is -0.496 e. The van der Waals surface area contributed by atoms with Gasteiger partial charge in [0.2, 0.25) is 12.7 Å². The zero-order valence-corrected chi connectivity index (χ0v) is 16.1. The third kappa shape index (κ3) is 4.33. The van der Waals surface area contributed by atoms with Crippen LogP contribution in [0.5, 0.6) is 23.1 Å². The molecule has 3 aromatic rings. The second kappa shape index (κ2) is 8.24. The molecule has 8 nitrogen and oxygen atoms in total. The van der Waals surface area contributed by atoms with Crippen LogP contribution in [0.2, 0.25) is 5.02 Å². The molecule has 0 fully saturated rings. The lowest BCUT2D eigenvalue weighted by molar-refractivity contribution is 0.102. The number of hydrogen-bond acceptors (Lipinski definition) is 7. The maximum atomic E-state index is 12.6. The number of methoxy groups -OCH3 is 1. The van der Waals surface area contributed by atoms with E-state index >= 15 is 0 Å². The molecule has 148 valence electrons. The molecule has 1 amide bonds. The van der Waals surface area contributed by atoms with E-state index in [1.165, 1.54) is 25.6 Å². The number of carbonyl (C=O) groups is 1. The summed E-state index contributed by atoms with van der Waals surface area (Å²) >= 11 is 5.98. The first-order chi connectivity index (χ1) is 14.1. The zero-order valence-electron chi connectivity index (χ0n) is 15.3. The van der Waals surface area contributed by atoms with Crippen molar-refractivity contribution in [1.29, 1.82) is 0 Å². The molecule has 0 saturated carbocycles. The second-order valence-electron chi connectivity index (χ2n) is 6.02. The highest BCUT2D eigenvalue weighted by atomic mass is 35.5. The van der Waals surface area contributed by atoms with Gasteiger partial charge in [0, 0.05) is 11.1 Å². The SMILES string of the molecule is COc1ccc(Cl)cc1C(=O)Nc1cc(OCc2ccc3c(c2)OCO3)ncn1. The predicted molar refractivity (Wildman–Crippen MR) is 105 cm³/mol. The zero-order chi connectivity index (χ0) is 20.2. The fourth-order valence-electron chi connectivity index (χ4n) is 2.72. The van der Waals surface area contributed by atoms with E-state index in [4.69, 9.17) is 30.5 Å². The number of nitrogens with one attached hydrogen (secondary N) is 1. The van der Waals surface area contributed by atoms with Crippen molar-refractivity contribution in [2.45, 2.75) is 6.61 Å². The third-order valence-electron chi connectivity index (χ3n) is 4.11. The molecular weight excluding hydrogens is 398 g/mol. The molecule has 29 heavy (non-hydrogen) atoms. The largest absolute Gasteiger partial charge is 0.496 e. The van der Waals surface area contributed by atoms with Crippen LogP contribution in [0.3, 0.4) is 0 Å². The Morgan fingerprint density at radius 2 is 2.00 bits per heavy atom. The third-order valence-corrected chi connectivity index (χ3v) is 4.35. The number of hydrogen-bond donors (Lipinski definition) is 1. The minimum atomic E-state index is -0.412. The van der Waals surface area contributed by atoms with Crippen molar-refractivity contribution in [2.75, 3.05) is 19.2 Å². The lowest BCUT2D eigenvalue weighted by atomic mass is 10.2. The maximum Gasteiger partial charge on any atom is 0.260 e. The van der Waals surface area contributed by atoms with Crippen molar-refractivity contribution in [3.05, 3.63) is 64.9 Å². The van der Waals surface area contributed by atoms with E-state index < -0.39 is 5.91 Å². The van der Waals surface area contributed by atoms with E-state index in [2.05, 4.69) is 15.3 Å². The first kappa shape index (κ1) is 18.8. The molecular formula is C20H16ClN3O5. The monoisotopic (exact) mass is 413 g/mol. The van der Waals surface area contributed by atoms with E-state index in [-0.39, 0.29) is 19.2 Å². The molecule has 0 atom stereocenters. The Hall–Kier alpha value is -3.52. The molecule has 0 unspecified atom stereocenters. The molecule has 0 spiro atoms. The molecule has 0 bridgehead atoms.